The van der Waals surface area contributed by atoms with Gasteiger partial charge in [-0.3, -0.25) is 9.10 Å². The summed E-state index contributed by atoms with van der Waals surface area (Å²) in [5.41, 5.74) is 4.24. The standard InChI is InChI=1S/C21H24N4O3S/c1-14(13-24-15(2)22-18-6-4-5-7-20(18)24)21(26)23-17-8-9-19-16(12-17)10-11-25(19)29(3,27)28/h4-9,12,14H,10-11,13H2,1-3H3,(H,23,26)/t14-/m1/s1. The largest absolute Gasteiger partial charge is 0.327 e. The lowest BCUT2D eigenvalue weighted by Gasteiger charge is -2.17. The molecule has 3 aromatic rings. The summed E-state index contributed by atoms with van der Waals surface area (Å²) in [6, 6.07) is 13.3. The van der Waals surface area contributed by atoms with E-state index >= 15 is 0 Å². The summed E-state index contributed by atoms with van der Waals surface area (Å²) in [4.78, 5) is 17.3. The van der Waals surface area contributed by atoms with Gasteiger partial charge in [0.1, 0.15) is 5.82 Å². The lowest BCUT2D eigenvalue weighted by Crippen LogP contribution is -2.27. The molecule has 1 aliphatic rings. The molecule has 4 rings (SSSR count). The average Bonchev–Trinajstić information content (AvgIpc) is 3.22. The number of imidazole rings is 1. The predicted octanol–water partition coefficient (Wildman–Crippen LogP) is 2.94. The van der Waals surface area contributed by atoms with E-state index in [4.69, 9.17) is 0 Å². The topological polar surface area (TPSA) is 84.3 Å². The van der Waals surface area contributed by atoms with Crippen molar-refractivity contribution in [3.63, 3.8) is 0 Å². The van der Waals surface area contributed by atoms with Crippen LogP contribution >= 0.6 is 0 Å². The molecule has 7 nitrogen and oxygen atoms in total. The van der Waals surface area contributed by atoms with Gasteiger partial charge in [-0.15, -0.1) is 0 Å². The number of fused-ring (bicyclic) bond motifs is 2. The molecule has 29 heavy (non-hydrogen) atoms. The highest BCUT2D eigenvalue weighted by molar-refractivity contribution is 7.92. The fourth-order valence-electron chi connectivity index (χ4n) is 3.84. The highest BCUT2D eigenvalue weighted by Gasteiger charge is 2.26. The second-order valence-electron chi connectivity index (χ2n) is 7.58. The molecule has 2 aromatic carbocycles. The maximum atomic E-state index is 12.8. The summed E-state index contributed by atoms with van der Waals surface area (Å²) in [6.45, 7) is 4.81. The van der Waals surface area contributed by atoms with Crippen molar-refractivity contribution in [2.75, 3.05) is 22.4 Å². The molecule has 0 saturated carbocycles. The van der Waals surface area contributed by atoms with Crippen LogP contribution in [0.2, 0.25) is 0 Å². The lowest BCUT2D eigenvalue weighted by atomic mass is 10.1. The summed E-state index contributed by atoms with van der Waals surface area (Å²) >= 11 is 0. The number of aryl methyl sites for hydroxylation is 1. The van der Waals surface area contributed by atoms with Gasteiger partial charge in [-0.1, -0.05) is 19.1 Å². The molecule has 1 atom stereocenters. The molecule has 0 unspecified atom stereocenters. The second-order valence-corrected chi connectivity index (χ2v) is 9.48. The van der Waals surface area contributed by atoms with Gasteiger partial charge in [0, 0.05) is 18.8 Å². The first-order valence-corrected chi connectivity index (χ1v) is 11.4. The molecule has 1 amide bonds. The number of rotatable bonds is 5. The molecule has 2 heterocycles. The van der Waals surface area contributed by atoms with Crippen molar-refractivity contribution >= 4 is 38.3 Å². The van der Waals surface area contributed by atoms with Crippen molar-refractivity contribution in [3.8, 4) is 0 Å². The zero-order chi connectivity index (χ0) is 20.8. The minimum Gasteiger partial charge on any atom is -0.327 e. The normalized spacial score (nSPS) is 14.8. The van der Waals surface area contributed by atoms with E-state index in [-0.39, 0.29) is 11.8 Å². The van der Waals surface area contributed by atoms with Crippen LogP contribution < -0.4 is 9.62 Å². The predicted molar refractivity (Wildman–Crippen MR) is 115 cm³/mol. The Morgan fingerprint density at radius 1 is 1.24 bits per heavy atom. The van der Waals surface area contributed by atoms with E-state index in [1.54, 1.807) is 12.1 Å². The third-order valence-corrected chi connectivity index (χ3v) is 6.53. The van der Waals surface area contributed by atoms with Gasteiger partial charge >= 0.3 is 0 Å². The molecular formula is C21H24N4O3S. The van der Waals surface area contributed by atoms with Crippen molar-refractivity contribution in [1.29, 1.82) is 0 Å². The highest BCUT2D eigenvalue weighted by Crippen LogP contribution is 2.32. The first-order valence-electron chi connectivity index (χ1n) is 9.57. The minimum absolute atomic E-state index is 0.0832. The monoisotopic (exact) mass is 412 g/mol. The van der Waals surface area contributed by atoms with Gasteiger partial charge in [-0.05, 0) is 49.2 Å². The van der Waals surface area contributed by atoms with Gasteiger partial charge in [-0.2, -0.15) is 0 Å². The van der Waals surface area contributed by atoms with Crippen molar-refractivity contribution in [2.24, 2.45) is 5.92 Å². The van der Waals surface area contributed by atoms with Crippen molar-refractivity contribution < 1.29 is 13.2 Å². The van der Waals surface area contributed by atoms with Gasteiger partial charge in [0.15, 0.2) is 0 Å². The van der Waals surface area contributed by atoms with Crippen LogP contribution in [0, 0.1) is 12.8 Å². The summed E-state index contributed by atoms with van der Waals surface area (Å²) in [5.74, 6) is 0.538. The number of nitrogens with zero attached hydrogens (tertiary/aromatic N) is 3. The molecule has 0 radical (unpaired) electrons. The van der Waals surface area contributed by atoms with Crippen molar-refractivity contribution in [3.05, 3.63) is 53.9 Å². The lowest BCUT2D eigenvalue weighted by molar-refractivity contribution is -0.119. The highest BCUT2D eigenvalue weighted by atomic mass is 32.2. The fourth-order valence-corrected chi connectivity index (χ4v) is 4.80. The number of anilines is 2. The molecule has 0 spiro atoms. The SMILES string of the molecule is Cc1nc2ccccc2n1C[C@@H](C)C(=O)Nc1ccc2c(c1)CCN2S(C)(=O)=O. The third kappa shape index (κ3) is 3.72. The molecule has 152 valence electrons. The molecule has 0 saturated heterocycles. The molecule has 0 bridgehead atoms. The number of benzene rings is 2. The van der Waals surface area contributed by atoms with Crippen LogP contribution in [0.25, 0.3) is 11.0 Å². The molecule has 8 heteroatoms. The minimum atomic E-state index is -3.28. The summed E-state index contributed by atoms with van der Waals surface area (Å²) in [5, 5.41) is 2.96. The Morgan fingerprint density at radius 2 is 2.00 bits per heavy atom. The molecule has 1 aliphatic heterocycles. The molecule has 0 aliphatic carbocycles. The first-order chi connectivity index (χ1) is 13.7. The zero-order valence-corrected chi connectivity index (χ0v) is 17.5. The number of amides is 1. The van der Waals surface area contributed by atoms with Crippen LogP contribution in [0.1, 0.15) is 18.3 Å². The van der Waals surface area contributed by atoms with Gasteiger partial charge < -0.3 is 9.88 Å². The van der Waals surface area contributed by atoms with Gasteiger partial charge in [-0.25, -0.2) is 13.4 Å². The van der Waals surface area contributed by atoms with E-state index in [1.165, 1.54) is 10.6 Å². The quantitative estimate of drug-likeness (QED) is 0.698. The van der Waals surface area contributed by atoms with Crippen LogP contribution in [0.15, 0.2) is 42.5 Å². The summed E-state index contributed by atoms with van der Waals surface area (Å²) in [6.07, 6.45) is 1.85. The van der Waals surface area contributed by atoms with E-state index in [1.807, 2.05) is 44.2 Å². The number of aromatic nitrogens is 2. The Bertz CT molecular complexity index is 1200. The molecule has 1 N–H and O–H groups in total. The van der Waals surface area contributed by atoms with Crippen molar-refractivity contribution in [2.45, 2.75) is 26.8 Å². The number of sulfonamides is 1. The molecule has 0 fully saturated rings. The number of hydrogen-bond acceptors (Lipinski definition) is 4. The smallest absolute Gasteiger partial charge is 0.232 e. The Labute approximate surface area is 170 Å². The van der Waals surface area contributed by atoms with Crippen LogP contribution in [0.3, 0.4) is 0 Å². The van der Waals surface area contributed by atoms with E-state index in [0.29, 0.717) is 30.9 Å². The first kappa shape index (κ1) is 19.4. The van der Waals surface area contributed by atoms with E-state index in [9.17, 15) is 13.2 Å². The fraction of sp³-hybridized carbons (Fsp3) is 0.333. The van der Waals surface area contributed by atoms with Crippen LogP contribution in [0.4, 0.5) is 11.4 Å². The van der Waals surface area contributed by atoms with E-state index in [0.717, 1.165) is 22.4 Å². The van der Waals surface area contributed by atoms with Gasteiger partial charge in [0.2, 0.25) is 15.9 Å². The Balaban J connectivity index is 1.49. The Morgan fingerprint density at radius 3 is 2.76 bits per heavy atom. The molecular weight excluding hydrogens is 388 g/mol. The number of hydrogen-bond donors (Lipinski definition) is 1. The number of nitrogens with one attached hydrogen (secondary N) is 1. The zero-order valence-electron chi connectivity index (χ0n) is 16.7. The Hall–Kier alpha value is -2.87. The van der Waals surface area contributed by atoms with E-state index in [2.05, 4.69) is 14.9 Å². The summed E-state index contributed by atoms with van der Waals surface area (Å²) in [7, 11) is -3.28. The second kappa shape index (κ2) is 7.18. The van der Waals surface area contributed by atoms with Crippen LogP contribution in [-0.2, 0) is 27.8 Å². The van der Waals surface area contributed by atoms with Gasteiger partial charge in [0.05, 0.1) is 28.9 Å². The maximum Gasteiger partial charge on any atom is 0.232 e. The third-order valence-electron chi connectivity index (χ3n) is 5.35. The summed E-state index contributed by atoms with van der Waals surface area (Å²) < 4.78 is 27.2. The number of para-hydroxylation sites is 2. The van der Waals surface area contributed by atoms with Gasteiger partial charge in [0.25, 0.3) is 0 Å². The van der Waals surface area contributed by atoms with Crippen LogP contribution in [0.5, 0.6) is 0 Å². The maximum absolute atomic E-state index is 12.8. The van der Waals surface area contributed by atoms with E-state index < -0.39 is 10.0 Å². The van der Waals surface area contributed by atoms with Crippen LogP contribution in [-0.4, -0.2) is 36.7 Å². The number of carbonyl (C=O) groups is 1. The Kier molecular flexibility index (Phi) is 4.82. The molecule has 1 aromatic heterocycles. The van der Waals surface area contributed by atoms with Crippen molar-refractivity contribution in [1.82, 2.24) is 9.55 Å². The average molecular weight is 413 g/mol. The number of carbonyl (C=O) groups excluding carboxylic acids is 1.